The first-order chi connectivity index (χ1) is 20.4. The molecule has 0 spiro atoms. The molecule has 1 amide bonds. The number of nitrogens with two attached hydrogens (primary N) is 1. The number of aryl methyl sites for hydroxylation is 1. The minimum atomic E-state index is -0.566. The molecule has 4 N–H and O–H groups in total. The molecule has 0 bridgehead atoms. The molecular formula is C32H25FN6O2S. The van der Waals surface area contributed by atoms with Crippen molar-refractivity contribution >= 4 is 33.1 Å². The largest absolute Gasteiger partial charge is 0.421 e. The van der Waals surface area contributed by atoms with Gasteiger partial charge in [0.25, 0.3) is 0 Å². The van der Waals surface area contributed by atoms with E-state index in [2.05, 4.69) is 31.8 Å². The summed E-state index contributed by atoms with van der Waals surface area (Å²) in [6.45, 7) is 5.66. The second-order valence-corrected chi connectivity index (χ2v) is 10.5. The van der Waals surface area contributed by atoms with Crippen molar-refractivity contribution in [2.24, 2.45) is 0 Å². The number of aromatic nitrogens is 4. The number of nitrogens with zero attached hydrogens (tertiary/aromatic N) is 3. The number of pyridine rings is 1. The Labute approximate surface area is 244 Å². The predicted octanol–water partition coefficient (Wildman–Crippen LogP) is 7.04. The number of anilines is 1. The summed E-state index contributed by atoms with van der Waals surface area (Å²) in [5.74, 6) is -0.456. The van der Waals surface area contributed by atoms with Crippen LogP contribution in [0.25, 0.3) is 42.9 Å². The summed E-state index contributed by atoms with van der Waals surface area (Å²) in [5.41, 5.74) is 12.2. The van der Waals surface area contributed by atoms with E-state index in [-0.39, 0.29) is 17.7 Å². The third kappa shape index (κ3) is 5.23. The van der Waals surface area contributed by atoms with E-state index in [4.69, 9.17) is 10.5 Å². The lowest BCUT2D eigenvalue weighted by Crippen LogP contribution is -2.19. The van der Waals surface area contributed by atoms with Crippen molar-refractivity contribution in [3.63, 3.8) is 0 Å². The van der Waals surface area contributed by atoms with Crippen LogP contribution < -0.4 is 15.8 Å². The lowest BCUT2D eigenvalue weighted by Gasteiger charge is -2.11. The topological polar surface area (TPSA) is 119 Å². The summed E-state index contributed by atoms with van der Waals surface area (Å²) in [4.78, 5) is 28.5. The van der Waals surface area contributed by atoms with Gasteiger partial charge in [-0.15, -0.1) is 11.3 Å². The third-order valence-electron chi connectivity index (χ3n) is 6.69. The maximum Gasteiger partial charge on any atom is 0.322 e. The number of nitrogen functional groups attached to an aromatic ring is 1. The number of benzene rings is 2. The highest BCUT2D eigenvalue weighted by Crippen LogP contribution is 2.49. The highest BCUT2D eigenvalue weighted by molar-refractivity contribution is 7.23. The Morgan fingerprint density at radius 3 is 2.67 bits per heavy atom. The van der Waals surface area contributed by atoms with Gasteiger partial charge < -0.3 is 20.8 Å². The van der Waals surface area contributed by atoms with Gasteiger partial charge in [-0.2, -0.15) is 0 Å². The van der Waals surface area contributed by atoms with Crippen molar-refractivity contribution in [1.82, 2.24) is 25.3 Å². The van der Waals surface area contributed by atoms with Gasteiger partial charge in [-0.3, -0.25) is 4.79 Å². The number of hydrogen-bond acceptors (Lipinski definition) is 7. The molecule has 10 heteroatoms. The van der Waals surface area contributed by atoms with Crippen molar-refractivity contribution in [3.8, 4) is 44.6 Å². The van der Waals surface area contributed by atoms with E-state index in [0.29, 0.717) is 23.6 Å². The molecule has 0 atom stereocenters. The number of amides is 1. The Morgan fingerprint density at radius 2 is 1.95 bits per heavy atom. The number of hydrogen-bond donors (Lipinski definition) is 3. The van der Waals surface area contributed by atoms with Crippen molar-refractivity contribution in [3.05, 3.63) is 109 Å². The van der Waals surface area contributed by atoms with Gasteiger partial charge in [0.1, 0.15) is 5.82 Å². The van der Waals surface area contributed by atoms with Crippen LogP contribution in [-0.2, 0) is 11.3 Å². The van der Waals surface area contributed by atoms with Gasteiger partial charge in [-0.05, 0) is 60.0 Å². The molecule has 0 saturated heterocycles. The molecule has 4 heterocycles. The number of rotatable bonds is 8. The second kappa shape index (κ2) is 11.3. The molecule has 0 aliphatic carbocycles. The monoisotopic (exact) mass is 576 g/mol. The van der Waals surface area contributed by atoms with E-state index >= 15 is 4.39 Å². The first-order valence-electron chi connectivity index (χ1n) is 13.0. The Morgan fingerprint density at radius 1 is 1.14 bits per heavy atom. The summed E-state index contributed by atoms with van der Waals surface area (Å²) in [6.07, 6.45) is 6.40. The number of nitrogens with one attached hydrogen (secondary N) is 2. The van der Waals surface area contributed by atoms with E-state index in [1.807, 2.05) is 42.6 Å². The molecule has 6 aromatic rings. The average Bonchev–Trinajstić information content (AvgIpc) is 3.67. The fraction of sp³-hybridized carbons (Fsp3) is 0.0625. The van der Waals surface area contributed by atoms with Crippen LogP contribution in [0.5, 0.6) is 11.8 Å². The number of ether oxygens (including phenoxy) is 1. The van der Waals surface area contributed by atoms with Gasteiger partial charge in [-0.1, -0.05) is 36.9 Å². The summed E-state index contributed by atoms with van der Waals surface area (Å²) in [5, 5.41) is 3.52. The zero-order valence-corrected chi connectivity index (χ0v) is 23.3. The van der Waals surface area contributed by atoms with Gasteiger partial charge >= 0.3 is 6.01 Å². The Hall–Kier alpha value is -5.35. The van der Waals surface area contributed by atoms with Crippen molar-refractivity contribution in [2.45, 2.75) is 13.5 Å². The molecule has 42 heavy (non-hydrogen) atoms. The number of halogens is 1. The summed E-state index contributed by atoms with van der Waals surface area (Å²) >= 11 is 1.56. The van der Waals surface area contributed by atoms with Crippen LogP contribution in [0.3, 0.4) is 0 Å². The van der Waals surface area contributed by atoms with Gasteiger partial charge in [0, 0.05) is 57.9 Å². The molecule has 4 aromatic heterocycles. The summed E-state index contributed by atoms with van der Waals surface area (Å²) in [6, 6.07) is 18.3. The average molecular weight is 577 g/mol. The molecule has 0 aliphatic rings. The van der Waals surface area contributed by atoms with Crippen LogP contribution in [0.2, 0.25) is 0 Å². The molecule has 0 radical (unpaired) electrons. The fourth-order valence-electron chi connectivity index (χ4n) is 4.64. The van der Waals surface area contributed by atoms with E-state index in [0.717, 1.165) is 42.9 Å². The smallest absolute Gasteiger partial charge is 0.322 e. The minimum Gasteiger partial charge on any atom is -0.421 e. The van der Waals surface area contributed by atoms with E-state index in [1.165, 1.54) is 12.1 Å². The maximum atomic E-state index is 15.5. The number of fused-ring (bicyclic) bond motifs is 1. The summed E-state index contributed by atoms with van der Waals surface area (Å²) < 4.78 is 22.1. The molecule has 6 rings (SSSR count). The molecule has 0 fully saturated rings. The number of thiophene rings is 1. The lowest BCUT2D eigenvalue weighted by molar-refractivity contribution is -0.116. The van der Waals surface area contributed by atoms with E-state index in [1.54, 1.807) is 48.9 Å². The molecule has 208 valence electrons. The Bertz CT molecular complexity index is 1930. The Balaban J connectivity index is 1.48. The summed E-state index contributed by atoms with van der Waals surface area (Å²) in [7, 11) is 0. The zero-order valence-electron chi connectivity index (χ0n) is 22.5. The molecule has 0 aliphatic heterocycles. The Kier molecular flexibility index (Phi) is 7.20. The predicted molar refractivity (Wildman–Crippen MR) is 164 cm³/mol. The first-order valence-corrected chi connectivity index (χ1v) is 13.8. The highest BCUT2D eigenvalue weighted by atomic mass is 32.1. The molecule has 0 unspecified atom stereocenters. The third-order valence-corrected chi connectivity index (χ3v) is 7.96. The van der Waals surface area contributed by atoms with Gasteiger partial charge in [-0.25, -0.2) is 19.3 Å². The first kappa shape index (κ1) is 26.9. The molecule has 2 aromatic carbocycles. The number of aromatic amines is 1. The van der Waals surface area contributed by atoms with Crippen molar-refractivity contribution < 1.29 is 13.9 Å². The maximum absolute atomic E-state index is 15.5. The minimum absolute atomic E-state index is 0.00882. The SMILES string of the molecule is C=CC(=O)NCc1ccc(-c2sc3c(-c4ccc[nH]4)cnc(N)c3c2-c2ccc(Oc3nccc(C)n3)c(F)c2)cc1. The van der Waals surface area contributed by atoms with Crippen LogP contribution in [0, 0.1) is 12.7 Å². The number of H-pyrrole nitrogens is 1. The molecule has 0 saturated carbocycles. The van der Waals surface area contributed by atoms with E-state index in [9.17, 15) is 4.79 Å². The van der Waals surface area contributed by atoms with Crippen LogP contribution in [0.1, 0.15) is 11.3 Å². The quantitative estimate of drug-likeness (QED) is 0.167. The van der Waals surface area contributed by atoms with Gasteiger partial charge in [0.2, 0.25) is 5.91 Å². The lowest BCUT2D eigenvalue weighted by atomic mass is 9.97. The highest BCUT2D eigenvalue weighted by Gasteiger charge is 2.23. The van der Waals surface area contributed by atoms with E-state index < -0.39 is 5.82 Å². The van der Waals surface area contributed by atoms with Crippen LogP contribution >= 0.6 is 11.3 Å². The molecule has 8 nitrogen and oxygen atoms in total. The zero-order chi connectivity index (χ0) is 29.2. The van der Waals surface area contributed by atoms with Crippen molar-refractivity contribution in [1.29, 1.82) is 0 Å². The van der Waals surface area contributed by atoms with Crippen LogP contribution in [0.15, 0.2) is 91.9 Å². The van der Waals surface area contributed by atoms with Gasteiger partial charge in [0.15, 0.2) is 11.6 Å². The molecular weight excluding hydrogens is 551 g/mol. The van der Waals surface area contributed by atoms with Crippen molar-refractivity contribution in [2.75, 3.05) is 5.73 Å². The fourth-order valence-corrected chi connectivity index (χ4v) is 6.00. The second-order valence-electron chi connectivity index (χ2n) is 9.50. The van der Waals surface area contributed by atoms with Crippen LogP contribution in [0.4, 0.5) is 10.2 Å². The number of carbonyl (C=O) groups is 1. The standard InChI is InChI=1S/C32H25FN6O2S/c1-3-26(40)37-16-19-6-8-20(9-7-19)29-27(28-30(42-29)22(17-38-31(28)34)24-5-4-13-35-24)21-10-11-25(23(33)15-21)41-32-36-14-12-18(2)39-32/h3-15,17,35H,1,16H2,2H3,(H2,34,38)(H,37,40). The normalized spacial score (nSPS) is 11.0. The van der Waals surface area contributed by atoms with Gasteiger partial charge in [0.05, 0.1) is 4.70 Å². The van der Waals surface area contributed by atoms with Crippen LogP contribution in [-0.4, -0.2) is 25.8 Å². The number of carbonyl (C=O) groups excluding carboxylic acids is 1.